The number of ketones is 1. The van der Waals surface area contributed by atoms with Gasteiger partial charge in [0.1, 0.15) is 0 Å². The molecule has 2 aromatic heterocycles. The number of hydrogen-bond donors (Lipinski definition) is 0. The molecule has 0 spiro atoms. The van der Waals surface area contributed by atoms with Crippen LogP contribution in [-0.4, -0.2) is 15.8 Å². The van der Waals surface area contributed by atoms with E-state index in [1.165, 1.54) is 5.56 Å². The van der Waals surface area contributed by atoms with Crippen LogP contribution in [-0.2, 0) is 6.42 Å². The maximum absolute atomic E-state index is 12.1. The number of carbonyl (C=O) groups excluding carboxylic acids is 1. The average molecular weight is 268 g/mol. The molecule has 4 heteroatoms. The van der Waals surface area contributed by atoms with Crippen LogP contribution in [0.1, 0.15) is 22.3 Å². The maximum Gasteiger partial charge on any atom is 0.163 e. The summed E-state index contributed by atoms with van der Waals surface area (Å²) in [5, 5.41) is 4.12. The lowest BCUT2D eigenvalue weighted by molar-refractivity contribution is 0.0983. The minimum atomic E-state index is 0.152. The van der Waals surface area contributed by atoms with Gasteiger partial charge >= 0.3 is 0 Å². The SMILES string of the molecule is O=C(CCc1ccsc1)c1ccc2nccnc2c1. The van der Waals surface area contributed by atoms with E-state index in [1.54, 1.807) is 23.7 Å². The second kappa shape index (κ2) is 5.28. The van der Waals surface area contributed by atoms with E-state index in [9.17, 15) is 4.79 Å². The van der Waals surface area contributed by atoms with Crippen LogP contribution in [0.2, 0.25) is 0 Å². The Morgan fingerprint density at radius 3 is 2.74 bits per heavy atom. The smallest absolute Gasteiger partial charge is 0.163 e. The van der Waals surface area contributed by atoms with Crippen LogP contribution >= 0.6 is 11.3 Å². The molecular weight excluding hydrogens is 256 g/mol. The molecule has 94 valence electrons. The minimum Gasteiger partial charge on any atom is -0.294 e. The van der Waals surface area contributed by atoms with Gasteiger partial charge in [-0.2, -0.15) is 11.3 Å². The number of carbonyl (C=O) groups is 1. The van der Waals surface area contributed by atoms with Gasteiger partial charge in [0.05, 0.1) is 11.0 Å². The fraction of sp³-hybridized carbons (Fsp3) is 0.133. The van der Waals surface area contributed by atoms with Crippen molar-refractivity contribution in [2.24, 2.45) is 0 Å². The van der Waals surface area contributed by atoms with Crippen molar-refractivity contribution in [3.63, 3.8) is 0 Å². The van der Waals surface area contributed by atoms with Gasteiger partial charge in [-0.15, -0.1) is 0 Å². The van der Waals surface area contributed by atoms with Crippen LogP contribution in [0.25, 0.3) is 11.0 Å². The molecular formula is C15H12N2OS. The quantitative estimate of drug-likeness (QED) is 0.680. The molecule has 3 aromatic rings. The van der Waals surface area contributed by atoms with Gasteiger partial charge in [0.2, 0.25) is 0 Å². The summed E-state index contributed by atoms with van der Waals surface area (Å²) in [4.78, 5) is 20.6. The van der Waals surface area contributed by atoms with Crippen LogP contribution in [0.3, 0.4) is 0 Å². The van der Waals surface area contributed by atoms with E-state index in [1.807, 2.05) is 23.6 Å². The lowest BCUT2D eigenvalue weighted by Crippen LogP contribution is -2.01. The molecule has 0 fully saturated rings. The standard InChI is InChI=1S/C15H12N2OS/c18-15(4-1-11-5-8-19-10-11)12-2-3-13-14(9-12)17-7-6-16-13/h2-3,5-10H,1,4H2. The van der Waals surface area contributed by atoms with E-state index >= 15 is 0 Å². The fourth-order valence-electron chi connectivity index (χ4n) is 1.97. The summed E-state index contributed by atoms with van der Waals surface area (Å²) >= 11 is 1.66. The summed E-state index contributed by atoms with van der Waals surface area (Å²) in [6.07, 6.45) is 4.62. The monoisotopic (exact) mass is 268 g/mol. The third-order valence-corrected chi connectivity index (χ3v) is 3.74. The van der Waals surface area contributed by atoms with Crippen molar-refractivity contribution in [1.82, 2.24) is 9.97 Å². The third kappa shape index (κ3) is 2.69. The molecule has 19 heavy (non-hydrogen) atoms. The highest BCUT2D eigenvalue weighted by molar-refractivity contribution is 7.07. The summed E-state index contributed by atoms with van der Waals surface area (Å²) in [7, 11) is 0. The molecule has 0 saturated carbocycles. The van der Waals surface area contributed by atoms with Crippen LogP contribution in [0, 0.1) is 0 Å². The van der Waals surface area contributed by atoms with Gasteiger partial charge in [0.25, 0.3) is 0 Å². The lowest BCUT2D eigenvalue weighted by atomic mass is 10.0. The lowest BCUT2D eigenvalue weighted by Gasteiger charge is -2.02. The number of rotatable bonds is 4. The number of hydrogen-bond acceptors (Lipinski definition) is 4. The summed E-state index contributed by atoms with van der Waals surface area (Å²) in [5.41, 5.74) is 3.52. The van der Waals surface area contributed by atoms with E-state index in [0.29, 0.717) is 12.0 Å². The van der Waals surface area contributed by atoms with E-state index < -0.39 is 0 Å². The molecule has 0 unspecified atom stereocenters. The Morgan fingerprint density at radius 2 is 1.95 bits per heavy atom. The molecule has 3 rings (SSSR count). The van der Waals surface area contributed by atoms with Crippen molar-refractivity contribution >= 4 is 28.2 Å². The van der Waals surface area contributed by atoms with Crippen LogP contribution in [0.15, 0.2) is 47.4 Å². The van der Waals surface area contributed by atoms with Gasteiger partial charge in [-0.25, -0.2) is 0 Å². The Hall–Kier alpha value is -2.07. The van der Waals surface area contributed by atoms with Crippen molar-refractivity contribution in [1.29, 1.82) is 0 Å². The molecule has 0 amide bonds. The van der Waals surface area contributed by atoms with Gasteiger partial charge in [-0.05, 0) is 47.0 Å². The minimum absolute atomic E-state index is 0.152. The highest BCUT2D eigenvalue weighted by Crippen LogP contribution is 2.15. The molecule has 0 bridgehead atoms. The first-order valence-corrected chi connectivity index (χ1v) is 7.02. The van der Waals surface area contributed by atoms with Crippen LogP contribution < -0.4 is 0 Å². The van der Waals surface area contributed by atoms with E-state index in [0.717, 1.165) is 17.5 Å². The number of aromatic nitrogens is 2. The molecule has 0 radical (unpaired) electrons. The fourth-order valence-corrected chi connectivity index (χ4v) is 2.68. The molecule has 0 aliphatic carbocycles. The molecule has 0 N–H and O–H groups in total. The van der Waals surface area contributed by atoms with Crippen molar-refractivity contribution in [2.75, 3.05) is 0 Å². The zero-order chi connectivity index (χ0) is 13.1. The Morgan fingerprint density at radius 1 is 1.11 bits per heavy atom. The first kappa shape index (κ1) is 12.0. The second-order valence-electron chi connectivity index (χ2n) is 4.31. The third-order valence-electron chi connectivity index (χ3n) is 3.01. The van der Waals surface area contributed by atoms with Crippen molar-refractivity contribution in [3.05, 3.63) is 58.5 Å². The Labute approximate surface area is 115 Å². The summed E-state index contributed by atoms with van der Waals surface area (Å²) < 4.78 is 0. The summed E-state index contributed by atoms with van der Waals surface area (Å²) in [6.45, 7) is 0. The van der Waals surface area contributed by atoms with Gasteiger partial charge in [-0.3, -0.25) is 14.8 Å². The Kier molecular flexibility index (Phi) is 3.33. The molecule has 0 aliphatic heterocycles. The number of fused-ring (bicyclic) bond motifs is 1. The normalized spacial score (nSPS) is 10.7. The average Bonchev–Trinajstić information content (AvgIpc) is 2.97. The zero-order valence-electron chi connectivity index (χ0n) is 10.2. The van der Waals surface area contributed by atoms with E-state index in [-0.39, 0.29) is 5.78 Å². The second-order valence-corrected chi connectivity index (χ2v) is 5.09. The zero-order valence-corrected chi connectivity index (χ0v) is 11.1. The van der Waals surface area contributed by atoms with Gasteiger partial charge in [-0.1, -0.05) is 0 Å². The van der Waals surface area contributed by atoms with Crippen molar-refractivity contribution in [3.8, 4) is 0 Å². The first-order chi connectivity index (χ1) is 9.33. The predicted molar refractivity (Wildman–Crippen MR) is 76.5 cm³/mol. The molecule has 1 aromatic carbocycles. The Bertz CT molecular complexity index is 707. The maximum atomic E-state index is 12.1. The molecule has 3 nitrogen and oxygen atoms in total. The highest BCUT2D eigenvalue weighted by Gasteiger charge is 2.08. The van der Waals surface area contributed by atoms with E-state index in [4.69, 9.17) is 0 Å². The van der Waals surface area contributed by atoms with Crippen molar-refractivity contribution in [2.45, 2.75) is 12.8 Å². The number of Topliss-reactive ketones (excluding diaryl/α,β-unsaturated/α-hetero) is 1. The number of nitrogens with zero attached hydrogens (tertiary/aromatic N) is 2. The Balaban J connectivity index is 1.77. The summed E-state index contributed by atoms with van der Waals surface area (Å²) in [6, 6.07) is 7.55. The molecule has 2 heterocycles. The topological polar surface area (TPSA) is 42.9 Å². The van der Waals surface area contributed by atoms with E-state index in [2.05, 4.69) is 21.4 Å². The van der Waals surface area contributed by atoms with Crippen molar-refractivity contribution < 1.29 is 4.79 Å². The van der Waals surface area contributed by atoms with Crippen LogP contribution in [0.4, 0.5) is 0 Å². The van der Waals surface area contributed by atoms with Gasteiger partial charge < -0.3 is 0 Å². The number of benzene rings is 1. The molecule has 0 atom stereocenters. The largest absolute Gasteiger partial charge is 0.294 e. The van der Waals surface area contributed by atoms with Gasteiger partial charge in [0, 0.05) is 24.4 Å². The summed E-state index contributed by atoms with van der Waals surface area (Å²) in [5.74, 6) is 0.152. The predicted octanol–water partition coefficient (Wildman–Crippen LogP) is 3.51. The van der Waals surface area contributed by atoms with Gasteiger partial charge in [0.15, 0.2) is 5.78 Å². The number of aryl methyl sites for hydroxylation is 1. The van der Waals surface area contributed by atoms with Crippen LogP contribution in [0.5, 0.6) is 0 Å². The molecule has 0 aliphatic rings. The highest BCUT2D eigenvalue weighted by atomic mass is 32.1. The number of thiophene rings is 1. The molecule has 0 saturated heterocycles. The first-order valence-electron chi connectivity index (χ1n) is 6.08.